The van der Waals surface area contributed by atoms with Gasteiger partial charge in [-0.1, -0.05) is 12.7 Å². The van der Waals surface area contributed by atoms with Gasteiger partial charge in [-0.2, -0.15) is 0 Å². The predicted molar refractivity (Wildman–Crippen MR) is 41.7 cm³/mol. The number of alkyl carbamates (subject to hydrolysis) is 2. The molecule has 0 rings (SSSR count). The number of imide groups is 1. The molecule has 12 heavy (non-hydrogen) atoms. The molecule has 0 heterocycles. The molecule has 68 valence electrons. The summed E-state index contributed by atoms with van der Waals surface area (Å²) in [7, 11) is 0. The Morgan fingerprint density at radius 3 is 2.50 bits per heavy atom. The number of hydrogen-bond acceptors (Lipinski definition) is 4. The van der Waals surface area contributed by atoms with Crippen LogP contribution in [0.4, 0.5) is 9.59 Å². The molecule has 0 aromatic heterocycles. The number of ether oxygens (including phenoxy) is 2. The third-order valence-corrected chi connectivity index (χ3v) is 0.812. The summed E-state index contributed by atoms with van der Waals surface area (Å²) in [5.74, 6) is 0. The van der Waals surface area contributed by atoms with E-state index in [-0.39, 0.29) is 13.2 Å². The quantitative estimate of drug-likeness (QED) is 0.648. The Balaban J connectivity index is 3.54. The van der Waals surface area contributed by atoms with Crippen LogP contribution in [0.25, 0.3) is 0 Å². The fourth-order valence-corrected chi connectivity index (χ4v) is 0.421. The maximum absolute atomic E-state index is 10.6. The number of amides is 2. The molecule has 0 spiro atoms. The van der Waals surface area contributed by atoms with E-state index < -0.39 is 12.2 Å². The molecule has 0 aromatic rings. The topological polar surface area (TPSA) is 64.6 Å². The monoisotopic (exact) mass is 173 g/mol. The number of hydrogen-bond donors (Lipinski definition) is 1. The molecule has 2 amide bonds. The van der Waals surface area contributed by atoms with E-state index in [4.69, 9.17) is 0 Å². The van der Waals surface area contributed by atoms with E-state index in [0.717, 1.165) is 0 Å². The number of carbonyl (C=O) groups is 2. The summed E-state index contributed by atoms with van der Waals surface area (Å²) >= 11 is 0. The molecule has 0 unspecified atom stereocenters. The van der Waals surface area contributed by atoms with E-state index in [1.807, 2.05) is 5.32 Å². The maximum atomic E-state index is 10.6. The van der Waals surface area contributed by atoms with Crippen LogP contribution in [0.5, 0.6) is 0 Å². The van der Waals surface area contributed by atoms with Gasteiger partial charge < -0.3 is 9.47 Å². The highest BCUT2D eigenvalue weighted by Crippen LogP contribution is 1.81. The molecule has 0 fully saturated rings. The highest BCUT2D eigenvalue weighted by atomic mass is 16.6. The molecule has 0 aliphatic rings. The van der Waals surface area contributed by atoms with Crippen molar-refractivity contribution >= 4 is 12.2 Å². The van der Waals surface area contributed by atoms with Crippen molar-refractivity contribution in [1.29, 1.82) is 0 Å². The molecule has 0 saturated carbocycles. The van der Waals surface area contributed by atoms with Gasteiger partial charge in [0, 0.05) is 0 Å². The van der Waals surface area contributed by atoms with Gasteiger partial charge in [0.1, 0.15) is 6.61 Å². The Hall–Kier alpha value is -1.52. The number of rotatable bonds is 3. The minimum atomic E-state index is -0.839. The van der Waals surface area contributed by atoms with E-state index in [0.29, 0.717) is 0 Å². The summed E-state index contributed by atoms with van der Waals surface area (Å²) in [6.45, 7) is 5.23. The summed E-state index contributed by atoms with van der Waals surface area (Å²) in [6.07, 6.45) is -0.259. The van der Waals surface area contributed by atoms with Crippen LogP contribution in [0.1, 0.15) is 6.92 Å². The van der Waals surface area contributed by atoms with Crippen molar-refractivity contribution in [2.24, 2.45) is 0 Å². The molecule has 0 bridgehead atoms. The second kappa shape index (κ2) is 6.21. The van der Waals surface area contributed by atoms with Crippen LogP contribution in [0, 0.1) is 0 Å². The van der Waals surface area contributed by atoms with Crippen LogP contribution >= 0.6 is 0 Å². The van der Waals surface area contributed by atoms with Gasteiger partial charge in [-0.3, -0.25) is 0 Å². The summed E-state index contributed by atoms with van der Waals surface area (Å²) in [5, 5.41) is 1.85. The highest BCUT2D eigenvalue weighted by molar-refractivity contribution is 5.87. The Kier molecular flexibility index (Phi) is 5.42. The van der Waals surface area contributed by atoms with E-state index in [9.17, 15) is 9.59 Å². The first-order valence-electron chi connectivity index (χ1n) is 3.42. The summed E-state index contributed by atoms with van der Waals surface area (Å²) in [4.78, 5) is 21.2. The van der Waals surface area contributed by atoms with Crippen molar-refractivity contribution in [3.8, 4) is 0 Å². The first-order chi connectivity index (χ1) is 5.70. The zero-order valence-electron chi connectivity index (χ0n) is 6.83. The molecule has 5 heteroatoms. The van der Waals surface area contributed by atoms with Crippen molar-refractivity contribution in [2.75, 3.05) is 13.2 Å². The normalized spacial score (nSPS) is 8.42. The lowest BCUT2D eigenvalue weighted by molar-refractivity contribution is 0.133. The standard InChI is InChI=1S/C7H11NO4/c1-3-5-12-7(10)8-6(9)11-4-2/h3H,1,4-5H2,2H3,(H,8,9,10). The second-order valence-electron chi connectivity index (χ2n) is 1.73. The number of carbonyl (C=O) groups excluding carboxylic acids is 2. The van der Waals surface area contributed by atoms with Gasteiger partial charge in [-0.15, -0.1) is 0 Å². The fraction of sp³-hybridized carbons (Fsp3) is 0.429. The fourth-order valence-electron chi connectivity index (χ4n) is 0.421. The van der Waals surface area contributed by atoms with Crippen LogP contribution < -0.4 is 5.32 Å². The van der Waals surface area contributed by atoms with Gasteiger partial charge in [0.2, 0.25) is 0 Å². The third kappa shape index (κ3) is 5.28. The van der Waals surface area contributed by atoms with Crippen molar-refractivity contribution in [2.45, 2.75) is 6.92 Å². The van der Waals surface area contributed by atoms with E-state index >= 15 is 0 Å². The van der Waals surface area contributed by atoms with Gasteiger partial charge >= 0.3 is 12.2 Å². The van der Waals surface area contributed by atoms with Gasteiger partial charge in [0.25, 0.3) is 0 Å². The van der Waals surface area contributed by atoms with Crippen LogP contribution in [-0.2, 0) is 9.47 Å². The zero-order valence-corrected chi connectivity index (χ0v) is 6.83. The molecule has 5 nitrogen and oxygen atoms in total. The Bertz CT molecular complexity index is 178. The summed E-state index contributed by atoms with van der Waals surface area (Å²) in [6, 6.07) is 0. The van der Waals surface area contributed by atoms with Crippen LogP contribution in [-0.4, -0.2) is 25.4 Å². The van der Waals surface area contributed by atoms with Gasteiger partial charge in [-0.05, 0) is 6.92 Å². The van der Waals surface area contributed by atoms with Crippen LogP contribution in [0.15, 0.2) is 12.7 Å². The maximum Gasteiger partial charge on any atom is 0.416 e. The lowest BCUT2D eigenvalue weighted by Crippen LogP contribution is -2.31. The minimum Gasteiger partial charge on any atom is -0.449 e. The van der Waals surface area contributed by atoms with Crippen molar-refractivity contribution in [3.63, 3.8) is 0 Å². The number of nitrogens with one attached hydrogen (secondary N) is 1. The lowest BCUT2D eigenvalue weighted by Gasteiger charge is -2.03. The minimum absolute atomic E-state index is 0.0608. The van der Waals surface area contributed by atoms with Crippen LogP contribution in [0.3, 0.4) is 0 Å². The van der Waals surface area contributed by atoms with Gasteiger partial charge in [0.15, 0.2) is 0 Å². The second-order valence-corrected chi connectivity index (χ2v) is 1.73. The van der Waals surface area contributed by atoms with Gasteiger partial charge in [0.05, 0.1) is 6.61 Å². The Labute approximate surface area is 70.3 Å². The first-order valence-corrected chi connectivity index (χ1v) is 3.42. The molecule has 0 aliphatic heterocycles. The summed E-state index contributed by atoms with van der Waals surface area (Å²) in [5.41, 5.74) is 0. The van der Waals surface area contributed by atoms with E-state index in [2.05, 4.69) is 16.1 Å². The lowest BCUT2D eigenvalue weighted by atomic mass is 10.7. The molecule has 0 aliphatic carbocycles. The molecule has 1 N–H and O–H groups in total. The van der Waals surface area contributed by atoms with Crippen LogP contribution in [0.2, 0.25) is 0 Å². The first kappa shape index (κ1) is 10.5. The largest absolute Gasteiger partial charge is 0.449 e. The molecular weight excluding hydrogens is 162 g/mol. The van der Waals surface area contributed by atoms with Crippen molar-refractivity contribution in [1.82, 2.24) is 5.32 Å². The zero-order chi connectivity index (χ0) is 9.40. The molecule has 0 saturated heterocycles. The van der Waals surface area contributed by atoms with E-state index in [1.165, 1.54) is 6.08 Å². The van der Waals surface area contributed by atoms with Crippen molar-refractivity contribution in [3.05, 3.63) is 12.7 Å². The van der Waals surface area contributed by atoms with E-state index in [1.54, 1.807) is 6.92 Å². The molecule has 0 radical (unpaired) electrons. The molecule has 0 atom stereocenters. The molecular formula is C7H11NO4. The molecule has 0 aromatic carbocycles. The Morgan fingerprint density at radius 2 is 2.00 bits per heavy atom. The van der Waals surface area contributed by atoms with Gasteiger partial charge in [-0.25, -0.2) is 14.9 Å². The third-order valence-electron chi connectivity index (χ3n) is 0.812. The Morgan fingerprint density at radius 1 is 1.42 bits per heavy atom. The average molecular weight is 173 g/mol. The highest BCUT2D eigenvalue weighted by Gasteiger charge is 2.07. The van der Waals surface area contributed by atoms with Crippen molar-refractivity contribution < 1.29 is 19.1 Å². The SMILES string of the molecule is C=CCOC(=O)NC(=O)OCC. The summed E-state index contributed by atoms with van der Waals surface area (Å²) < 4.78 is 8.86. The smallest absolute Gasteiger partial charge is 0.416 e. The predicted octanol–water partition coefficient (Wildman–Crippen LogP) is 1.06. The average Bonchev–Trinajstić information content (AvgIpc) is 2.01.